The lowest BCUT2D eigenvalue weighted by Crippen LogP contribution is -2.40. The molecule has 0 amide bonds. The molecule has 0 spiro atoms. The Morgan fingerprint density at radius 2 is 1.51 bits per heavy atom. The molecule has 0 saturated carbocycles. The number of fused-ring (bicyclic) bond motifs is 1. The minimum atomic E-state index is -5.68. The number of halogens is 5. The van der Waals surface area contributed by atoms with Gasteiger partial charge in [-0.25, -0.2) is 0 Å². The van der Waals surface area contributed by atoms with Gasteiger partial charge in [-0.1, -0.05) is 63.6 Å². The molecule has 43 heavy (non-hydrogen) atoms. The molecule has 11 heteroatoms. The van der Waals surface area contributed by atoms with E-state index in [2.05, 4.69) is 6.92 Å². The summed E-state index contributed by atoms with van der Waals surface area (Å²) in [6.45, 7) is 2.56. The van der Waals surface area contributed by atoms with E-state index in [4.69, 9.17) is 4.74 Å². The summed E-state index contributed by atoms with van der Waals surface area (Å²) in [6, 6.07) is 12.3. The van der Waals surface area contributed by atoms with Crippen LogP contribution in [0.2, 0.25) is 0 Å². The number of alkyl halides is 5. The first-order chi connectivity index (χ1) is 20.2. The van der Waals surface area contributed by atoms with Crippen molar-refractivity contribution in [1.29, 1.82) is 0 Å². The molecule has 1 aliphatic rings. The third-order valence-corrected chi connectivity index (χ3v) is 8.64. The summed E-state index contributed by atoms with van der Waals surface area (Å²) in [5, 5.41) is 39.3. The smallest absolute Gasteiger partial charge is 0.453 e. The highest BCUT2D eigenvalue weighted by molar-refractivity contribution is 5.70. The van der Waals surface area contributed by atoms with E-state index in [0.29, 0.717) is 18.8 Å². The number of benzene rings is 2. The number of phenols is 2. The second-order valence-electron chi connectivity index (χ2n) is 11.8. The highest BCUT2D eigenvalue weighted by Gasteiger charge is 2.56. The van der Waals surface area contributed by atoms with Gasteiger partial charge in [0.05, 0.1) is 18.6 Å². The molecule has 2 unspecified atom stereocenters. The quantitative estimate of drug-likeness (QED) is 0.112. The van der Waals surface area contributed by atoms with Crippen molar-refractivity contribution in [2.45, 2.75) is 107 Å². The molecule has 0 fully saturated rings. The zero-order valence-electron chi connectivity index (χ0n) is 24.3. The summed E-state index contributed by atoms with van der Waals surface area (Å²) in [6.07, 6.45) is -3.79. The van der Waals surface area contributed by atoms with Gasteiger partial charge >= 0.3 is 18.1 Å². The largest absolute Gasteiger partial charge is 0.508 e. The average molecular weight is 617 g/mol. The summed E-state index contributed by atoms with van der Waals surface area (Å²) in [5.41, 5.74) is 1.71. The van der Waals surface area contributed by atoms with Crippen LogP contribution in [-0.2, 0) is 10.2 Å². The molecule has 0 radical (unpaired) electrons. The van der Waals surface area contributed by atoms with Crippen molar-refractivity contribution in [3.8, 4) is 17.2 Å². The molecule has 0 bridgehead atoms. The number of carboxylic acids is 1. The zero-order valence-corrected chi connectivity index (χ0v) is 24.3. The van der Waals surface area contributed by atoms with Crippen molar-refractivity contribution in [3.63, 3.8) is 0 Å². The van der Waals surface area contributed by atoms with Crippen LogP contribution < -0.4 is 4.74 Å². The molecule has 4 atom stereocenters. The van der Waals surface area contributed by atoms with Gasteiger partial charge in [0.15, 0.2) is 0 Å². The van der Waals surface area contributed by atoms with Crippen molar-refractivity contribution in [2.75, 3.05) is 6.61 Å². The molecule has 0 saturated heterocycles. The second-order valence-corrected chi connectivity index (χ2v) is 11.8. The van der Waals surface area contributed by atoms with E-state index >= 15 is 0 Å². The Morgan fingerprint density at radius 1 is 0.907 bits per heavy atom. The lowest BCUT2D eigenvalue weighted by molar-refractivity contribution is -0.284. The number of rotatable bonds is 16. The number of phenolic OH excluding ortho intramolecular Hbond substituents is 2. The SMILES string of the molecule is C[C@]1(c2ccc(O)cc2)COc2cc(O)ccc2[C@H]1CCCCCCCCC(O)C(CCCC(F)(F)C(F)(F)F)C(=O)O. The predicted octanol–water partition coefficient (Wildman–Crippen LogP) is 8.08. The van der Waals surface area contributed by atoms with E-state index in [-0.39, 0.29) is 29.3 Å². The van der Waals surface area contributed by atoms with Gasteiger partial charge in [0.1, 0.15) is 17.2 Å². The molecule has 240 valence electrons. The Labute approximate surface area is 248 Å². The lowest BCUT2D eigenvalue weighted by atomic mass is 9.66. The summed E-state index contributed by atoms with van der Waals surface area (Å²) in [4.78, 5) is 11.5. The number of aromatic hydroxyl groups is 2. The number of aliphatic hydroxyl groups excluding tert-OH is 1. The van der Waals surface area contributed by atoms with Crippen molar-refractivity contribution in [3.05, 3.63) is 53.6 Å². The number of hydrogen-bond acceptors (Lipinski definition) is 5. The van der Waals surface area contributed by atoms with Gasteiger partial charge in [-0.05, 0) is 55.0 Å². The number of aliphatic carboxylic acids is 1. The fourth-order valence-electron chi connectivity index (χ4n) is 5.98. The minimum Gasteiger partial charge on any atom is -0.508 e. The number of carbonyl (C=O) groups is 1. The van der Waals surface area contributed by atoms with Gasteiger partial charge in [0, 0.05) is 23.8 Å². The van der Waals surface area contributed by atoms with E-state index < -0.39 is 49.4 Å². The van der Waals surface area contributed by atoms with Crippen molar-refractivity contribution in [2.24, 2.45) is 5.92 Å². The molecule has 2 aromatic rings. The third-order valence-electron chi connectivity index (χ3n) is 8.64. The van der Waals surface area contributed by atoms with Crippen LogP contribution in [0.3, 0.4) is 0 Å². The molecule has 2 aromatic carbocycles. The summed E-state index contributed by atoms with van der Waals surface area (Å²) < 4.78 is 69.3. The van der Waals surface area contributed by atoms with Crippen LogP contribution >= 0.6 is 0 Å². The van der Waals surface area contributed by atoms with Crippen molar-refractivity contribution in [1.82, 2.24) is 0 Å². The maximum atomic E-state index is 13.1. The van der Waals surface area contributed by atoms with E-state index in [1.165, 1.54) is 0 Å². The number of carboxylic acid groups (broad SMARTS) is 1. The molecule has 1 aliphatic heterocycles. The van der Waals surface area contributed by atoms with Crippen LogP contribution in [0.25, 0.3) is 0 Å². The van der Waals surface area contributed by atoms with E-state index in [1.807, 2.05) is 18.2 Å². The molecular weight excluding hydrogens is 575 g/mol. The maximum absolute atomic E-state index is 13.1. The Bertz CT molecular complexity index is 1190. The number of aliphatic hydroxyl groups is 1. The second kappa shape index (κ2) is 14.6. The fraction of sp³-hybridized carbons (Fsp3) is 0.594. The van der Waals surface area contributed by atoms with Crippen LogP contribution in [-0.4, -0.2) is 51.2 Å². The Hall–Kier alpha value is -3.08. The average Bonchev–Trinajstić information content (AvgIpc) is 2.93. The molecule has 1 heterocycles. The van der Waals surface area contributed by atoms with E-state index in [0.717, 1.165) is 49.7 Å². The third kappa shape index (κ3) is 8.97. The highest BCUT2D eigenvalue weighted by atomic mass is 19.4. The van der Waals surface area contributed by atoms with E-state index in [1.54, 1.807) is 24.3 Å². The monoisotopic (exact) mass is 616 g/mol. The van der Waals surface area contributed by atoms with Crippen LogP contribution in [0, 0.1) is 5.92 Å². The zero-order chi connectivity index (χ0) is 31.8. The lowest BCUT2D eigenvalue weighted by Gasteiger charge is -2.43. The topological polar surface area (TPSA) is 107 Å². The van der Waals surface area contributed by atoms with Crippen LogP contribution in [0.5, 0.6) is 17.2 Å². The molecule has 0 aliphatic carbocycles. The molecule has 4 N–H and O–H groups in total. The van der Waals surface area contributed by atoms with E-state index in [9.17, 15) is 47.2 Å². The number of ether oxygens (including phenoxy) is 1. The first-order valence-electron chi connectivity index (χ1n) is 14.8. The molecule has 3 rings (SSSR count). The molecular formula is C32H41F5O6. The predicted molar refractivity (Wildman–Crippen MR) is 151 cm³/mol. The summed E-state index contributed by atoms with van der Waals surface area (Å²) in [7, 11) is 0. The van der Waals surface area contributed by atoms with Gasteiger partial charge in [-0.3, -0.25) is 4.79 Å². The van der Waals surface area contributed by atoms with Gasteiger partial charge in [-0.15, -0.1) is 0 Å². The Balaban J connectivity index is 1.44. The normalized spacial score (nSPS) is 20.2. The van der Waals surface area contributed by atoms with Crippen molar-refractivity contribution >= 4 is 5.97 Å². The van der Waals surface area contributed by atoms with Crippen LogP contribution in [0.1, 0.15) is 94.6 Å². The summed E-state index contributed by atoms with van der Waals surface area (Å²) >= 11 is 0. The summed E-state index contributed by atoms with van der Waals surface area (Å²) in [5.74, 6) is -6.60. The van der Waals surface area contributed by atoms with Gasteiger partial charge < -0.3 is 25.2 Å². The van der Waals surface area contributed by atoms with Gasteiger partial charge in [0.2, 0.25) is 0 Å². The molecule has 0 aromatic heterocycles. The fourth-order valence-corrected chi connectivity index (χ4v) is 5.98. The van der Waals surface area contributed by atoms with Crippen molar-refractivity contribution < 1.29 is 51.9 Å². The maximum Gasteiger partial charge on any atom is 0.453 e. The van der Waals surface area contributed by atoms with Gasteiger partial charge in [-0.2, -0.15) is 22.0 Å². The first kappa shape index (κ1) is 34.4. The highest BCUT2D eigenvalue weighted by Crippen LogP contribution is 2.50. The van der Waals surface area contributed by atoms with Crippen LogP contribution in [0.15, 0.2) is 42.5 Å². The minimum absolute atomic E-state index is 0.112. The first-order valence-corrected chi connectivity index (χ1v) is 14.8. The Morgan fingerprint density at radius 3 is 2.14 bits per heavy atom. The molecule has 6 nitrogen and oxygen atoms in total. The Kier molecular flexibility index (Phi) is 11.7. The van der Waals surface area contributed by atoms with Gasteiger partial charge in [0.25, 0.3) is 0 Å². The standard InChI is InChI=1S/C32H41F5O6/c1-30(21-12-14-22(38)15-13-21)20-43-28-19-23(39)16-17-24(28)26(30)10-6-4-2-3-5-7-11-27(40)25(29(41)42)9-8-18-31(33,34)32(35,36)37/h12-17,19,25-27,38-40H,2-11,18,20H2,1H3,(H,41,42)/t25?,26-,27?,30-/m1/s1. The van der Waals surface area contributed by atoms with Crippen LogP contribution in [0.4, 0.5) is 22.0 Å². The number of unbranched alkanes of at least 4 members (excludes halogenated alkanes) is 5. The number of hydrogen-bond donors (Lipinski definition) is 4.